The molecule has 4 nitrogen and oxygen atoms in total. The van der Waals surface area contributed by atoms with Crippen LogP contribution in [0.3, 0.4) is 0 Å². The van der Waals surface area contributed by atoms with Gasteiger partial charge in [-0.1, -0.05) is 72.8 Å². The van der Waals surface area contributed by atoms with Gasteiger partial charge in [-0.2, -0.15) is 11.8 Å². The number of nitrogens with one attached hydrogen (secondary N) is 4. The van der Waals surface area contributed by atoms with Gasteiger partial charge in [0.15, 0.2) is 0 Å². The molecule has 0 saturated carbocycles. The molecule has 0 unspecified atom stereocenters. The van der Waals surface area contributed by atoms with Gasteiger partial charge in [0.1, 0.15) is 0 Å². The predicted octanol–water partition coefficient (Wildman–Crippen LogP) is 9.35. The van der Waals surface area contributed by atoms with E-state index < -0.39 is 0 Å². The highest BCUT2D eigenvalue weighted by Crippen LogP contribution is 2.32. The number of para-hydroxylation sites is 4. The van der Waals surface area contributed by atoms with Gasteiger partial charge in [0.25, 0.3) is 0 Å². The molecular weight excluding hydrogens is 545 g/mol. The minimum atomic E-state index is 0.389. The first-order chi connectivity index (χ1) is 21.2. The Morgan fingerprint density at radius 3 is 0.884 bits per heavy atom. The number of hydrogen-bond acceptors (Lipinski definition) is 1. The number of benzene rings is 4. The van der Waals surface area contributed by atoms with E-state index in [4.69, 9.17) is 0 Å². The summed E-state index contributed by atoms with van der Waals surface area (Å²) in [6.07, 6.45) is 3.91. The Morgan fingerprint density at radius 2 is 0.628 bits per heavy atom. The van der Waals surface area contributed by atoms with E-state index in [9.17, 15) is 0 Å². The number of rotatable bonds is 10. The maximum Gasteiger partial charge on any atom is 0.0456 e. The molecule has 0 atom stereocenters. The van der Waals surface area contributed by atoms with Crippen LogP contribution >= 0.6 is 11.8 Å². The summed E-state index contributed by atoms with van der Waals surface area (Å²) >= 11 is 2.13. The van der Waals surface area contributed by atoms with Crippen LogP contribution in [0.25, 0.3) is 43.6 Å². The second-order valence-corrected chi connectivity index (χ2v) is 13.3. The first-order valence-electron chi connectivity index (χ1n) is 15.1. The molecule has 0 aliphatic carbocycles. The summed E-state index contributed by atoms with van der Waals surface area (Å²) in [5.41, 5.74) is 10.0. The van der Waals surface area contributed by atoms with E-state index in [0.29, 0.717) is 10.5 Å². The Balaban J connectivity index is 1.13. The van der Waals surface area contributed by atoms with E-state index in [2.05, 4.69) is 153 Å². The van der Waals surface area contributed by atoms with Crippen molar-refractivity contribution >= 4 is 55.4 Å². The van der Waals surface area contributed by atoms with Gasteiger partial charge < -0.3 is 19.9 Å². The third-order valence-corrected chi connectivity index (χ3v) is 9.95. The molecule has 4 aromatic carbocycles. The van der Waals surface area contributed by atoms with Crippen molar-refractivity contribution in [3.8, 4) is 0 Å². The SMILES string of the molecule is c1ccc2[nH]c(CC(Cc3cc4ccccc4[nH]3)SC(Cc3cc4ccccc4[nH]3)Cc3cc4ccccc4[nH]3)cc2c1. The Hall–Kier alpha value is -4.61. The molecule has 0 radical (unpaired) electrons. The molecule has 4 N–H and O–H groups in total. The van der Waals surface area contributed by atoms with Gasteiger partial charge >= 0.3 is 0 Å². The number of thioether (sulfide) groups is 1. The van der Waals surface area contributed by atoms with Crippen molar-refractivity contribution in [2.45, 2.75) is 36.2 Å². The van der Waals surface area contributed by atoms with Crippen LogP contribution in [0.15, 0.2) is 121 Å². The minimum absolute atomic E-state index is 0.389. The molecular formula is C38H34N4S. The molecule has 0 saturated heterocycles. The average molecular weight is 579 g/mol. The lowest BCUT2D eigenvalue weighted by molar-refractivity contribution is 0.772. The van der Waals surface area contributed by atoms with Gasteiger partial charge in [0.05, 0.1) is 0 Å². The summed E-state index contributed by atoms with van der Waals surface area (Å²) in [5, 5.41) is 5.89. The van der Waals surface area contributed by atoms with Gasteiger partial charge in [-0.3, -0.25) is 0 Å². The standard InChI is InChI=1S/C38H34N4S/c1-5-13-35-25(9-1)17-29(39-35)21-33(22-30-18-26-10-2-6-14-36(26)40-30)43-34(23-31-19-27-11-3-7-15-37(27)41-31)24-32-20-28-12-4-8-16-38(28)42-32/h1-20,33-34,39-42H,21-24H2. The van der Waals surface area contributed by atoms with Gasteiger partial charge in [-0.05, 0) is 95.8 Å². The number of aromatic amines is 4. The first kappa shape index (κ1) is 26.1. The topological polar surface area (TPSA) is 63.2 Å². The fourth-order valence-electron chi connectivity index (χ4n) is 6.56. The molecule has 0 spiro atoms. The summed E-state index contributed by atoms with van der Waals surface area (Å²) < 4.78 is 0. The second kappa shape index (κ2) is 11.2. The van der Waals surface area contributed by atoms with Crippen molar-refractivity contribution in [3.05, 3.63) is 144 Å². The van der Waals surface area contributed by atoms with E-state index in [1.54, 1.807) is 0 Å². The molecule has 0 amide bonds. The Kier molecular flexibility index (Phi) is 6.81. The number of H-pyrrole nitrogens is 4. The van der Waals surface area contributed by atoms with E-state index in [0.717, 1.165) is 25.7 Å². The van der Waals surface area contributed by atoms with Gasteiger partial charge in [-0.15, -0.1) is 0 Å². The van der Waals surface area contributed by atoms with E-state index in [-0.39, 0.29) is 0 Å². The zero-order valence-electron chi connectivity index (χ0n) is 23.9. The van der Waals surface area contributed by atoms with E-state index in [1.807, 2.05) is 0 Å². The van der Waals surface area contributed by atoms with Crippen molar-refractivity contribution in [2.24, 2.45) is 0 Å². The number of hydrogen-bond donors (Lipinski definition) is 4. The largest absolute Gasteiger partial charge is 0.358 e. The lowest BCUT2D eigenvalue weighted by Gasteiger charge is -2.23. The summed E-state index contributed by atoms with van der Waals surface area (Å²) in [6.45, 7) is 0. The smallest absolute Gasteiger partial charge is 0.0456 e. The van der Waals surface area contributed by atoms with Crippen molar-refractivity contribution in [3.63, 3.8) is 0 Å². The molecule has 4 heterocycles. The highest BCUT2D eigenvalue weighted by molar-refractivity contribution is 8.00. The quantitative estimate of drug-likeness (QED) is 0.128. The third kappa shape index (κ3) is 5.61. The molecule has 0 bridgehead atoms. The molecule has 0 aliphatic heterocycles. The molecule has 5 heteroatoms. The molecule has 4 aromatic heterocycles. The zero-order valence-corrected chi connectivity index (χ0v) is 24.8. The lowest BCUT2D eigenvalue weighted by Crippen LogP contribution is -2.20. The van der Waals surface area contributed by atoms with Crippen molar-refractivity contribution in [1.82, 2.24) is 19.9 Å². The Bertz CT molecular complexity index is 1720. The van der Waals surface area contributed by atoms with Crippen molar-refractivity contribution < 1.29 is 0 Å². The normalized spacial score (nSPS) is 12.1. The average Bonchev–Trinajstić information content (AvgIpc) is 3.79. The van der Waals surface area contributed by atoms with Crippen LogP contribution in [-0.4, -0.2) is 30.4 Å². The van der Waals surface area contributed by atoms with Crippen LogP contribution in [0.5, 0.6) is 0 Å². The Morgan fingerprint density at radius 1 is 0.372 bits per heavy atom. The molecule has 0 aliphatic rings. The van der Waals surface area contributed by atoms with Gasteiger partial charge in [0.2, 0.25) is 0 Å². The zero-order chi connectivity index (χ0) is 28.6. The summed E-state index contributed by atoms with van der Waals surface area (Å²) in [5.74, 6) is 0. The van der Waals surface area contributed by atoms with Crippen molar-refractivity contribution in [1.29, 1.82) is 0 Å². The molecule has 8 rings (SSSR count). The monoisotopic (exact) mass is 578 g/mol. The first-order valence-corrected chi connectivity index (χ1v) is 16.1. The van der Waals surface area contributed by atoms with E-state index >= 15 is 0 Å². The molecule has 0 fully saturated rings. The number of fused-ring (bicyclic) bond motifs is 4. The van der Waals surface area contributed by atoms with Crippen molar-refractivity contribution in [2.75, 3.05) is 0 Å². The highest BCUT2D eigenvalue weighted by Gasteiger charge is 2.22. The molecule has 43 heavy (non-hydrogen) atoms. The third-order valence-electron chi connectivity index (χ3n) is 8.52. The highest BCUT2D eigenvalue weighted by atomic mass is 32.2. The lowest BCUT2D eigenvalue weighted by atomic mass is 10.1. The van der Waals surface area contributed by atoms with Crippen LogP contribution in [0, 0.1) is 0 Å². The summed E-state index contributed by atoms with van der Waals surface area (Å²) in [4.78, 5) is 14.8. The van der Waals surface area contributed by atoms with Gasteiger partial charge in [-0.25, -0.2) is 0 Å². The van der Waals surface area contributed by atoms with Crippen LogP contribution in [0.1, 0.15) is 22.8 Å². The minimum Gasteiger partial charge on any atom is -0.358 e. The van der Waals surface area contributed by atoms with Crippen LogP contribution in [0.4, 0.5) is 0 Å². The van der Waals surface area contributed by atoms with Gasteiger partial charge in [0, 0.05) is 55.3 Å². The summed E-state index contributed by atoms with van der Waals surface area (Å²) in [7, 11) is 0. The van der Waals surface area contributed by atoms with E-state index in [1.165, 1.54) is 66.4 Å². The molecule has 212 valence electrons. The second-order valence-electron chi connectivity index (χ2n) is 11.7. The molecule has 8 aromatic rings. The van der Waals surface area contributed by atoms with Crippen LogP contribution < -0.4 is 0 Å². The maximum absolute atomic E-state index is 3.71. The maximum atomic E-state index is 3.71. The predicted molar refractivity (Wildman–Crippen MR) is 183 cm³/mol. The van der Waals surface area contributed by atoms with Crippen LogP contribution in [-0.2, 0) is 25.7 Å². The fourth-order valence-corrected chi connectivity index (χ4v) is 8.21. The number of aromatic nitrogens is 4. The van der Waals surface area contributed by atoms with Crippen LogP contribution in [0.2, 0.25) is 0 Å². The fraction of sp³-hybridized carbons (Fsp3) is 0.158. The Labute approximate surface area is 254 Å². The summed E-state index contributed by atoms with van der Waals surface area (Å²) in [6, 6.07) is 43.7.